The lowest BCUT2D eigenvalue weighted by molar-refractivity contribution is -0.122. The summed E-state index contributed by atoms with van der Waals surface area (Å²) in [5.74, 6) is 1.43. The molecule has 8 nitrogen and oxygen atoms in total. The fourth-order valence-corrected chi connectivity index (χ4v) is 3.50. The molecule has 3 rings (SSSR count). The van der Waals surface area contributed by atoms with Crippen molar-refractivity contribution in [3.8, 4) is 11.5 Å². The lowest BCUT2D eigenvalue weighted by Crippen LogP contribution is -2.41. The number of benzene rings is 1. The number of anilines is 1. The van der Waals surface area contributed by atoms with Gasteiger partial charge in [-0.05, 0) is 25.0 Å². The number of pyridine rings is 1. The summed E-state index contributed by atoms with van der Waals surface area (Å²) in [4.78, 5) is 15.2. The number of hydrogen-bond donors (Lipinski definition) is 3. The highest BCUT2D eigenvalue weighted by atomic mass is 32.2. The number of carbonyl (C=O) groups is 1. The second-order valence-electron chi connectivity index (χ2n) is 5.66. The largest absolute Gasteiger partial charge is 0.493 e. The Labute approximate surface area is 156 Å². The quantitative estimate of drug-likeness (QED) is 0.530. The minimum atomic E-state index is -0.250. The number of nitrogens with two attached hydrogens (primary N) is 1. The van der Waals surface area contributed by atoms with Crippen LogP contribution in [-0.4, -0.2) is 49.9 Å². The minimum absolute atomic E-state index is 0.250. The fourth-order valence-electron chi connectivity index (χ4n) is 3.07. The molecule has 26 heavy (non-hydrogen) atoms. The predicted octanol–water partition coefficient (Wildman–Crippen LogP) is 2.03. The first kappa shape index (κ1) is 20.1. The Morgan fingerprint density at radius 3 is 2.50 bits per heavy atom. The van der Waals surface area contributed by atoms with Crippen LogP contribution in [-0.2, 0) is 4.79 Å². The van der Waals surface area contributed by atoms with Gasteiger partial charge in [0.2, 0.25) is 0 Å². The molecule has 0 amide bonds. The first-order valence-electron chi connectivity index (χ1n) is 8.13. The zero-order valence-corrected chi connectivity index (χ0v) is 15.7. The van der Waals surface area contributed by atoms with Crippen molar-refractivity contribution in [1.29, 1.82) is 0 Å². The van der Waals surface area contributed by atoms with Crippen molar-refractivity contribution in [1.82, 2.24) is 9.71 Å². The summed E-state index contributed by atoms with van der Waals surface area (Å²) < 4.78 is 14.1. The van der Waals surface area contributed by atoms with Gasteiger partial charge in [-0.2, -0.15) is 0 Å². The van der Waals surface area contributed by atoms with Gasteiger partial charge in [-0.3, -0.25) is 14.9 Å². The monoisotopic (exact) mass is 380 g/mol. The van der Waals surface area contributed by atoms with Crippen molar-refractivity contribution < 1.29 is 19.4 Å². The average molecular weight is 380 g/mol. The molecule has 0 unspecified atom stereocenters. The number of methoxy groups -OCH3 is 2. The van der Waals surface area contributed by atoms with E-state index in [0.29, 0.717) is 11.8 Å². The van der Waals surface area contributed by atoms with Crippen molar-refractivity contribution >= 4 is 35.2 Å². The molecule has 0 spiro atoms. The number of carboxylic acid groups (broad SMARTS) is 1. The molecule has 2 heterocycles. The first-order valence-corrected chi connectivity index (χ1v) is 9.01. The molecule has 1 fully saturated rings. The van der Waals surface area contributed by atoms with Crippen LogP contribution in [0.3, 0.4) is 0 Å². The highest BCUT2D eigenvalue weighted by Gasteiger charge is 2.21. The second kappa shape index (κ2) is 10.0. The van der Waals surface area contributed by atoms with Crippen LogP contribution in [0.5, 0.6) is 11.5 Å². The fraction of sp³-hybridized carbons (Fsp3) is 0.412. The Morgan fingerprint density at radius 2 is 1.92 bits per heavy atom. The van der Waals surface area contributed by atoms with Gasteiger partial charge >= 0.3 is 0 Å². The molecule has 1 aliphatic rings. The number of piperidine rings is 1. The van der Waals surface area contributed by atoms with E-state index in [0.717, 1.165) is 42.6 Å². The summed E-state index contributed by atoms with van der Waals surface area (Å²) in [6.45, 7) is 1.73. The SMILES string of the molecule is COc1cc2nccc(N3CCC(NSN)CC3)c2cc1OC.O=CO. The number of fused-ring (bicyclic) bond motifs is 1. The molecule has 4 N–H and O–H groups in total. The van der Waals surface area contributed by atoms with E-state index in [1.807, 2.05) is 18.3 Å². The molecule has 0 atom stereocenters. The van der Waals surface area contributed by atoms with Gasteiger partial charge in [-0.1, -0.05) is 0 Å². The van der Waals surface area contributed by atoms with Crippen molar-refractivity contribution in [2.45, 2.75) is 18.9 Å². The molecule has 2 aromatic rings. The summed E-state index contributed by atoms with van der Waals surface area (Å²) in [6.07, 6.45) is 3.99. The van der Waals surface area contributed by atoms with Gasteiger partial charge in [0.1, 0.15) is 0 Å². The van der Waals surface area contributed by atoms with E-state index in [1.54, 1.807) is 14.2 Å². The summed E-state index contributed by atoms with van der Waals surface area (Å²) in [5.41, 5.74) is 2.10. The van der Waals surface area contributed by atoms with Crippen LogP contribution in [0, 0.1) is 0 Å². The average Bonchev–Trinajstić information content (AvgIpc) is 2.68. The summed E-state index contributed by atoms with van der Waals surface area (Å²) in [7, 11) is 3.29. The Morgan fingerprint density at radius 1 is 1.31 bits per heavy atom. The molecule has 1 aromatic heterocycles. The third-order valence-electron chi connectivity index (χ3n) is 4.29. The lowest BCUT2D eigenvalue weighted by Gasteiger charge is -2.34. The molecule has 0 bridgehead atoms. The Kier molecular flexibility index (Phi) is 7.76. The molecule has 9 heteroatoms. The predicted molar refractivity (Wildman–Crippen MR) is 104 cm³/mol. The number of nitrogens with one attached hydrogen (secondary N) is 1. The van der Waals surface area contributed by atoms with Gasteiger partial charge in [-0.25, -0.2) is 4.72 Å². The van der Waals surface area contributed by atoms with E-state index in [2.05, 4.69) is 20.7 Å². The van der Waals surface area contributed by atoms with Crippen molar-refractivity contribution in [3.63, 3.8) is 0 Å². The third kappa shape index (κ3) is 4.69. The highest BCUT2D eigenvalue weighted by molar-refractivity contribution is 7.95. The van der Waals surface area contributed by atoms with Gasteiger partial charge < -0.3 is 19.5 Å². The molecule has 1 aliphatic heterocycles. The number of aromatic nitrogens is 1. The Balaban J connectivity index is 0.000000758. The number of nitrogens with zero attached hydrogens (tertiary/aromatic N) is 2. The van der Waals surface area contributed by atoms with Crippen molar-refractivity contribution in [3.05, 3.63) is 24.4 Å². The summed E-state index contributed by atoms with van der Waals surface area (Å²) in [5, 5.41) is 13.5. The molecule has 0 saturated carbocycles. The van der Waals surface area contributed by atoms with Gasteiger partial charge in [0.15, 0.2) is 11.5 Å². The second-order valence-corrected chi connectivity index (χ2v) is 6.13. The van der Waals surface area contributed by atoms with Crippen LogP contribution in [0.15, 0.2) is 24.4 Å². The van der Waals surface area contributed by atoms with Crippen LogP contribution in [0.1, 0.15) is 12.8 Å². The first-order chi connectivity index (χ1) is 12.7. The highest BCUT2D eigenvalue weighted by Crippen LogP contribution is 2.36. The number of ether oxygens (including phenoxy) is 2. The van der Waals surface area contributed by atoms with Crippen molar-refractivity contribution in [2.75, 3.05) is 32.2 Å². The maximum absolute atomic E-state index is 8.36. The van der Waals surface area contributed by atoms with Crippen LogP contribution < -0.4 is 24.2 Å². The molecule has 142 valence electrons. The third-order valence-corrected chi connectivity index (χ3v) is 4.76. The van der Waals surface area contributed by atoms with E-state index in [-0.39, 0.29) is 6.47 Å². The molecular weight excluding hydrogens is 356 g/mol. The van der Waals surface area contributed by atoms with Gasteiger partial charge in [0.25, 0.3) is 6.47 Å². The van der Waals surface area contributed by atoms with Crippen LogP contribution in [0.25, 0.3) is 10.9 Å². The molecule has 0 aliphatic carbocycles. The zero-order chi connectivity index (χ0) is 18.9. The molecule has 0 radical (unpaired) electrons. The molecule has 1 saturated heterocycles. The summed E-state index contributed by atoms with van der Waals surface area (Å²) in [6, 6.07) is 6.48. The van der Waals surface area contributed by atoms with Crippen LogP contribution >= 0.6 is 12.1 Å². The maximum atomic E-state index is 8.36. The molecular formula is C17H24N4O4S. The van der Waals surface area contributed by atoms with E-state index >= 15 is 0 Å². The maximum Gasteiger partial charge on any atom is 0.290 e. The normalized spacial score (nSPS) is 14.5. The van der Waals surface area contributed by atoms with E-state index < -0.39 is 0 Å². The lowest BCUT2D eigenvalue weighted by atomic mass is 10.0. The Bertz CT molecular complexity index is 723. The molecule has 1 aromatic carbocycles. The van der Waals surface area contributed by atoms with Crippen LogP contribution in [0.4, 0.5) is 5.69 Å². The van der Waals surface area contributed by atoms with E-state index in [1.165, 1.54) is 17.8 Å². The van der Waals surface area contributed by atoms with Gasteiger partial charge in [-0.15, -0.1) is 0 Å². The zero-order valence-electron chi connectivity index (χ0n) is 14.8. The van der Waals surface area contributed by atoms with Gasteiger partial charge in [0.05, 0.1) is 19.7 Å². The standard InChI is InChI=1S/C16H22N4O2S.CH2O2/c1-21-15-9-12-13(10-16(15)22-2)18-6-3-14(12)20-7-4-11(5-8-20)19-23-17;2-1-3/h3,6,9-11,19H,4-5,7-8,17H2,1-2H3;1H,(H,2,3). The van der Waals surface area contributed by atoms with Gasteiger partial charge in [0, 0.05) is 54.6 Å². The number of rotatable bonds is 5. The summed E-state index contributed by atoms with van der Waals surface area (Å²) >= 11 is 1.21. The number of hydrogen-bond acceptors (Lipinski definition) is 8. The minimum Gasteiger partial charge on any atom is -0.493 e. The van der Waals surface area contributed by atoms with Crippen molar-refractivity contribution in [2.24, 2.45) is 5.14 Å². The van der Waals surface area contributed by atoms with Crippen LogP contribution in [0.2, 0.25) is 0 Å². The van der Waals surface area contributed by atoms with E-state index in [9.17, 15) is 0 Å². The topological polar surface area (TPSA) is 110 Å². The Hall–Kier alpha value is -2.23. The smallest absolute Gasteiger partial charge is 0.290 e. The van der Waals surface area contributed by atoms with E-state index in [4.69, 9.17) is 24.5 Å².